The molecule has 1 amide bonds. The van der Waals surface area contributed by atoms with Gasteiger partial charge in [-0.2, -0.15) is 0 Å². The maximum Gasteiger partial charge on any atom is 0.255 e. The van der Waals surface area contributed by atoms with Crippen molar-refractivity contribution < 1.29 is 9.90 Å². The SMILES string of the molecule is CCc1ccc(C(=O)Nc2ccc(O)cc2N)cc1. The van der Waals surface area contributed by atoms with Gasteiger partial charge in [0.25, 0.3) is 5.91 Å². The molecule has 0 heterocycles. The van der Waals surface area contributed by atoms with Crippen molar-refractivity contribution in [3.63, 3.8) is 0 Å². The molecule has 2 aromatic rings. The van der Waals surface area contributed by atoms with Crippen LogP contribution in [0.4, 0.5) is 11.4 Å². The first kappa shape index (κ1) is 13.0. The summed E-state index contributed by atoms with van der Waals surface area (Å²) in [6, 6.07) is 11.9. The van der Waals surface area contributed by atoms with Crippen molar-refractivity contribution in [1.82, 2.24) is 0 Å². The van der Waals surface area contributed by atoms with E-state index in [0.717, 1.165) is 6.42 Å². The third-order valence-electron chi connectivity index (χ3n) is 2.91. The first-order valence-corrected chi connectivity index (χ1v) is 6.09. The highest BCUT2D eigenvalue weighted by Gasteiger charge is 2.08. The molecular formula is C15H16N2O2. The highest BCUT2D eigenvalue weighted by molar-refractivity contribution is 6.05. The van der Waals surface area contributed by atoms with Gasteiger partial charge in [-0.05, 0) is 36.2 Å². The van der Waals surface area contributed by atoms with Crippen LogP contribution in [0, 0.1) is 0 Å². The molecule has 0 spiro atoms. The highest BCUT2D eigenvalue weighted by Crippen LogP contribution is 2.23. The fraction of sp³-hybridized carbons (Fsp3) is 0.133. The maximum atomic E-state index is 12.0. The van der Waals surface area contributed by atoms with Gasteiger partial charge in [0.1, 0.15) is 5.75 Å². The molecule has 0 aliphatic rings. The van der Waals surface area contributed by atoms with Crippen molar-refractivity contribution in [3.05, 3.63) is 53.6 Å². The van der Waals surface area contributed by atoms with Gasteiger partial charge in [-0.3, -0.25) is 4.79 Å². The molecule has 98 valence electrons. The second-order valence-electron chi connectivity index (χ2n) is 4.28. The topological polar surface area (TPSA) is 75.3 Å². The largest absolute Gasteiger partial charge is 0.508 e. The first-order valence-electron chi connectivity index (χ1n) is 6.09. The molecule has 0 saturated heterocycles. The van der Waals surface area contributed by atoms with Crippen LogP contribution in [-0.2, 0) is 6.42 Å². The molecule has 0 aromatic heterocycles. The average molecular weight is 256 g/mol. The molecule has 0 saturated carbocycles. The minimum absolute atomic E-state index is 0.0720. The Kier molecular flexibility index (Phi) is 3.71. The van der Waals surface area contributed by atoms with Crippen LogP contribution >= 0.6 is 0 Å². The van der Waals surface area contributed by atoms with Crippen molar-refractivity contribution in [2.45, 2.75) is 13.3 Å². The highest BCUT2D eigenvalue weighted by atomic mass is 16.3. The van der Waals surface area contributed by atoms with Gasteiger partial charge in [0.2, 0.25) is 0 Å². The number of phenolic OH excluding ortho intramolecular Hbond substituents is 1. The predicted octanol–water partition coefficient (Wildman–Crippen LogP) is 2.79. The molecule has 0 aliphatic carbocycles. The molecule has 4 N–H and O–H groups in total. The molecule has 2 aromatic carbocycles. The van der Waals surface area contributed by atoms with Crippen LogP contribution in [0.3, 0.4) is 0 Å². The molecule has 0 aliphatic heterocycles. The maximum absolute atomic E-state index is 12.0. The number of hydrogen-bond acceptors (Lipinski definition) is 3. The fourth-order valence-corrected chi connectivity index (χ4v) is 1.75. The van der Waals surface area contributed by atoms with E-state index in [1.807, 2.05) is 12.1 Å². The van der Waals surface area contributed by atoms with E-state index in [1.165, 1.54) is 17.7 Å². The van der Waals surface area contributed by atoms with Gasteiger partial charge in [0.15, 0.2) is 0 Å². The number of nitrogens with two attached hydrogens (primary N) is 1. The number of anilines is 2. The lowest BCUT2D eigenvalue weighted by Crippen LogP contribution is -2.13. The van der Waals surface area contributed by atoms with Crippen LogP contribution in [0.2, 0.25) is 0 Å². The summed E-state index contributed by atoms with van der Waals surface area (Å²) in [5, 5.41) is 12.0. The summed E-state index contributed by atoms with van der Waals surface area (Å²) in [4.78, 5) is 12.0. The zero-order chi connectivity index (χ0) is 13.8. The van der Waals surface area contributed by atoms with Crippen molar-refractivity contribution in [2.24, 2.45) is 0 Å². The minimum Gasteiger partial charge on any atom is -0.508 e. The number of carbonyl (C=O) groups is 1. The molecule has 0 bridgehead atoms. The molecule has 19 heavy (non-hydrogen) atoms. The molecule has 0 unspecified atom stereocenters. The normalized spacial score (nSPS) is 10.2. The van der Waals surface area contributed by atoms with Gasteiger partial charge in [0.05, 0.1) is 11.4 Å². The summed E-state index contributed by atoms with van der Waals surface area (Å²) in [5.41, 5.74) is 8.29. The summed E-state index contributed by atoms with van der Waals surface area (Å²) >= 11 is 0. The van der Waals surface area contributed by atoms with E-state index in [9.17, 15) is 9.90 Å². The summed E-state index contributed by atoms with van der Waals surface area (Å²) in [6.07, 6.45) is 0.937. The minimum atomic E-state index is -0.222. The van der Waals surface area contributed by atoms with Crippen LogP contribution < -0.4 is 11.1 Å². The molecule has 0 atom stereocenters. The van der Waals surface area contributed by atoms with Gasteiger partial charge in [-0.25, -0.2) is 0 Å². The van der Waals surface area contributed by atoms with Crippen molar-refractivity contribution in [3.8, 4) is 5.75 Å². The summed E-state index contributed by atoms with van der Waals surface area (Å²) in [5.74, 6) is -0.150. The number of benzene rings is 2. The molecular weight excluding hydrogens is 240 g/mol. The molecule has 0 radical (unpaired) electrons. The van der Waals surface area contributed by atoms with Crippen LogP contribution in [0.1, 0.15) is 22.8 Å². The third kappa shape index (κ3) is 3.04. The van der Waals surface area contributed by atoms with Crippen molar-refractivity contribution in [2.75, 3.05) is 11.1 Å². The monoisotopic (exact) mass is 256 g/mol. The number of aromatic hydroxyl groups is 1. The van der Waals surface area contributed by atoms with Crippen molar-refractivity contribution in [1.29, 1.82) is 0 Å². The van der Waals surface area contributed by atoms with E-state index in [0.29, 0.717) is 16.9 Å². The number of nitrogens with one attached hydrogen (secondary N) is 1. The Morgan fingerprint density at radius 2 is 1.89 bits per heavy atom. The zero-order valence-corrected chi connectivity index (χ0v) is 10.7. The van der Waals surface area contributed by atoms with Crippen LogP contribution in [0.5, 0.6) is 5.75 Å². The van der Waals surface area contributed by atoms with Crippen LogP contribution in [0.15, 0.2) is 42.5 Å². The number of amides is 1. The van der Waals surface area contributed by atoms with Crippen LogP contribution in [0.25, 0.3) is 0 Å². The Hall–Kier alpha value is -2.49. The summed E-state index contributed by atoms with van der Waals surface area (Å²) in [7, 11) is 0. The van der Waals surface area contributed by atoms with E-state index in [2.05, 4.69) is 12.2 Å². The summed E-state index contributed by atoms with van der Waals surface area (Å²) < 4.78 is 0. The lowest BCUT2D eigenvalue weighted by atomic mass is 10.1. The molecule has 4 heteroatoms. The lowest BCUT2D eigenvalue weighted by molar-refractivity contribution is 0.102. The van der Waals surface area contributed by atoms with E-state index in [4.69, 9.17) is 5.73 Å². The standard InChI is InChI=1S/C15H16N2O2/c1-2-10-3-5-11(6-4-10)15(19)17-14-8-7-12(18)9-13(14)16/h3-9,18H,2,16H2,1H3,(H,17,19). The number of hydrogen-bond donors (Lipinski definition) is 3. The second kappa shape index (κ2) is 5.44. The number of phenols is 1. The van der Waals surface area contributed by atoms with Gasteiger partial charge < -0.3 is 16.2 Å². The number of aryl methyl sites for hydroxylation is 1. The Morgan fingerprint density at radius 1 is 1.21 bits per heavy atom. The van der Waals surface area contributed by atoms with Crippen LogP contribution in [-0.4, -0.2) is 11.0 Å². The lowest BCUT2D eigenvalue weighted by Gasteiger charge is -2.08. The average Bonchev–Trinajstić information content (AvgIpc) is 2.42. The van der Waals surface area contributed by atoms with E-state index < -0.39 is 0 Å². The van der Waals surface area contributed by atoms with Gasteiger partial charge in [0, 0.05) is 11.6 Å². The third-order valence-corrected chi connectivity index (χ3v) is 2.91. The Balaban J connectivity index is 2.15. The number of nitrogen functional groups attached to an aromatic ring is 1. The first-order chi connectivity index (χ1) is 9.10. The smallest absolute Gasteiger partial charge is 0.255 e. The molecule has 0 fully saturated rings. The van der Waals surface area contributed by atoms with E-state index >= 15 is 0 Å². The van der Waals surface area contributed by atoms with E-state index in [1.54, 1.807) is 18.2 Å². The Labute approximate surface area is 111 Å². The summed E-state index contributed by atoms with van der Waals surface area (Å²) in [6.45, 7) is 2.06. The van der Waals surface area contributed by atoms with Gasteiger partial charge in [-0.1, -0.05) is 19.1 Å². The molecule has 4 nitrogen and oxygen atoms in total. The van der Waals surface area contributed by atoms with Gasteiger partial charge >= 0.3 is 0 Å². The second-order valence-corrected chi connectivity index (χ2v) is 4.28. The Morgan fingerprint density at radius 3 is 2.47 bits per heavy atom. The zero-order valence-electron chi connectivity index (χ0n) is 10.7. The van der Waals surface area contributed by atoms with Crippen molar-refractivity contribution >= 4 is 17.3 Å². The quantitative estimate of drug-likeness (QED) is 0.584. The number of carbonyl (C=O) groups excluding carboxylic acids is 1. The number of rotatable bonds is 3. The van der Waals surface area contributed by atoms with Gasteiger partial charge in [-0.15, -0.1) is 0 Å². The Bertz CT molecular complexity index is 592. The van der Waals surface area contributed by atoms with E-state index in [-0.39, 0.29) is 11.7 Å². The predicted molar refractivity (Wildman–Crippen MR) is 76.3 cm³/mol. The molecule has 2 rings (SSSR count). The fourth-order valence-electron chi connectivity index (χ4n) is 1.75.